The molecule has 8 heteroatoms. The second kappa shape index (κ2) is 7.80. The molecule has 0 unspecified atom stereocenters. The number of halogens is 3. The Balaban J connectivity index is 1.66. The van der Waals surface area contributed by atoms with E-state index in [1.165, 1.54) is 11.3 Å². The average molecular weight is 394 g/mol. The van der Waals surface area contributed by atoms with Gasteiger partial charge in [-0.15, -0.1) is 11.3 Å². The number of urea groups is 1. The smallest absolute Gasteiger partial charge is 0.319 e. The molecular weight excluding hydrogens is 380 g/mol. The third kappa shape index (κ3) is 4.17. The fourth-order valence-electron chi connectivity index (χ4n) is 2.26. The first kappa shape index (κ1) is 18.3. The highest BCUT2D eigenvalue weighted by atomic mass is 35.5. The zero-order valence-electron chi connectivity index (χ0n) is 13.6. The average Bonchev–Trinajstić information content (AvgIpc) is 2.96. The molecule has 0 spiro atoms. The highest BCUT2D eigenvalue weighted by Gasteiger charge is 2.13. The van der Waals surface area contributed by atoms with Crippen LogP contribution in [0.25, 0.3) is 10.6 Å². The molecule has 0 aliphatic heterocycles. The van der Waals surface area contributed by atoms with E-state index in [1.807, 2.05) is 25.1 Å². The predicted molar refractivity (Wildman–Crippen MR) is 99.5 cm³/mol. The summed E-state index contributed by atoms with van der Waals surface area (Å²) in [4.78, 5) is 17.3. The van der Waals surface area contributed by atoms with Gasteiger partial charge in [0, 0.05) is 16.5 Å². The first-order valence-corrected chi connectivity index (χ1v) is 8.84. The second-order valence-electron chi connectivity index (χ2n) is 5.44. The number of aryl methyl sites for hydroxylation is 1. The summed E-state index contributed by atoms with van der Waals surface area (Å²) in [5.74, 6) is -1.55. The number of carbonyl (C=O) groups is 1. The normalized spacial score (nSPS) is 10.6. The minimum Gasteiger partial charge on any atom is -0.333 e. The van der Waals surface area contributed by atoms with E-state index in [2.05, 4.69) is 15.6 Å². The van der Waals surface area contributed by atoms with Gasteiger partial charge in [0.1, 0.15) is 16.6 Å². The van der Waals surface area contributed by atoms with Crippen molar-refractivity contribution >= 4 is 34.7 Å². The van der Waals surface area contributed by atoms with Crippen LogP contribution in [-0.2, 0) is 6.54 Å². The SMILES string of the molecule is Cc1nc(-c2ccccc2Cl)sc1CNC(=O)Nc1ccc(F)cc1F. The van der Waals surface area contributed by atoms with Crippen LogP contribution in [0, 0.1) is 18.6 Å². The molecule has 0 radical (unpaired) electrons. The summed E-state index contributed by atoms with van der Waals surface area (Å²) in [5.41, 5.74) is 1.51. The Morgan fingerprint density at radius 2 is 2.00 bits per heavy atom. The van der Waals surface area contributed by atoms with Crippen molar-refractivity contribution in [3.05, 3.63) is 69.7 Å². The van der Waals surface area contributed by atoms with Gasteiger partial charge in [-0.2, -0.15) is 0 Å². The Morgan fingerprint density at radius 3 is 2.73 bits per heavy atom. The third-order valence-corrected chi connectivity index (χ3v) is 5.11. The lowest BCUT2D eigenvalue weighted by atomic mass is 10.2. The summed E-state index contributed by atoms with van der Waals surface area (Å²) in [5, 5.41) is 6.34. The highest BCUT2D eigenvalue weighted by molar-refractivity contribution is 7.15. The van der Waals surface area contributed by atoms with E-state index in [1.54, 1.807) is 6.07 Å². The van der Waals surface area contributed by atoms with E-state index >= 15 is 0 Å². The fraction of sp³-hybridized carbons (Fsp3) is 0.111. The minimum absolute atomic E-state index is 0.0957. The lowest BCUT2D eigenvalue weighted by molar-refractivity contribution is 0.251. The van der Waals surface area contributed by atoms with Gasteiger partial charge in [-0.3, -0.25) is 0 Å². The maximum absolute atomic E-state index is 13.6. The Kier molecular flexibility index (Phi) is 5.49. The number of nitrogens with one attached hydrogen (secondary N) is 2. The van der Waals surface area contributed by atoms with Crippen molar-refractivity contribution in [2.24, 2.45) is 0 Å². The number of thiazole rings is 1. The van der Waals surface area contributed by atoms with Crippen LogP contribution in [-0.4, -0.2) is 11.0 Å². The molecule has 0 saturated heterocycles. The van der Waals surface area contributed by atoms with E-state index in [9.17, 15) is 13.6 Å². The number of hydrogen-bond acceptors (Lipinski definition) is 3. The summed E-state index contributed by atoms with van der Waals surface area (Å²) < 4.78 is 26.5. The molecule has 1 heterocycles. The Morgan fingerprint density at radius 1 is 1.23 bits per heavy atom. The summed E-state index contributed by atoms with van der Waals surface area (Å²) in [6.07, 6.45) is 0. The van der Waals surface area contributed by atoms with Gasteiger partial charge in [-0.1, -0.05) is 29.8 Å². The first-order valence-electron chi connectivity index (χ1n) is 7.65. The Bertz CT molecular complexity index is 961. The lowest BCUT2D eigenvalue weighted by Crippen LogP contribution is -2.28. The van der Waals surface area contributed by atoms with Crippen LogP contribution < -0.4 is 10.6 Å². The summed E-state index contributed by atoms with van der Waals surface area (Å²) >= 11 is 7.61. The Hall–Kier alpha value is -2.51. The zero-order chi connectivity index (χ0) is 18.7. The van der Waals surface area contributed by atoms with Crippen LogP contribution in [0.15, 0.2) is 42.5 Å². The quantitative estimate of drug-likeness (QED) is 0.626. The molecule has 3 rings (SSSR count). The van der Waals surface area contributed by atoms with Crippen molar-refractivity contribution in [2.45, 2.75) is 13.5 Å². The molecule has 4 nitrogen and oxygen atoms in total. The van der Waals surface area contributed by atoms with Crippen molar-refractivity contribution in [3.63, 3.8) is 0 Å². The van der Waals surface area contributed by atoms with E-state index < -0.39 is 17.7 Å². The van der Waals surface area contributed by atoms with E-state index in [-0.39, 0.29) is 12.2 Å². The van der Waals surface area contributed by atoms with Gasteiger partial charge in [0.25, 0.3) is 0 Å². The summed E-state index contributed by atoms with van der Waals surface area (Å²) in [7, 11) is 0. The Labute approximate surface area is 157 Å². The number of aromatic nitrogens is 1. The van der Waals surface area contributed by atoms with Crippen molar-refractivity contribution in [2.75, 3.05) is 5.32 Å². The van der Waals surface area contributed by atoms with Crippen molar-refractivity contribution < 1.29 is 13.6 Å². The van der Waals surface area contributed by atoms with Crippen LogP contribution in [0.5, 0.6) is 0 Å². The number of rotatable bonds is 4. The molecule has 2 aromatic carbocycles. The van der Waals surface area contributed by atoms with Gasteiger partial charge in [-0.25, -0.2) is 18.6 Å². The number of amides is 2. The van der Waals surface area contributed by atoms with Crippen LogP contribution in [0.3, 0.4) is 0 Å². The van der Waals surface area contributed by atoms with Crippen molar-refractivity contribution in [1.29, 1.82) is 0 Å². The first-order chi connectivity index (χ1) is 12.4. The van der Waals surface area contributed by atoms with Gasteiger partial charge in [0.2, 0.25) is 0 Å². The van der Waals surface area contributed by atoms with Gasteiger partial charge in [0.05, 0.1) is 22.9 Å². The number of carbonyl (C=O) groups excluding carboxylic acids is 1. The standard InChI is InChI=1S/C18H14ClF2N3OS/c1-10-16(26-17(23-10)12-4-2-3-5-13(12)19)9-22-18(25)24-15-7-6-11(20)8-14(15)21/h2-8H,9H2,1H3,(H2,22,24,25). The van der Waals surface area contributed by atoms with Gasteiger partial charge in [-0.05, 0) is 25.1 Å². The maximum Gasteiger partial charge on any atom is 0.319 e. The number of hydrogen-bond donors (Lipinski definition) is 2. The fourth-order valence-corrected chi connectivity index (χ4v) is 3.58. The molecule has 3 aromatic rings. The summed E-state index contributed by atoms with van der Waals surface area (Å²) in [6, 6.07) is 9.73. The number of benzene rings is 2. The molecule has 2 amide bonds. The molecule has 0 aliphatic carbocycles. The third-order valence-electron chi connectivity index (χ3n) is 3.59. The summed E-state index contributed by atoms with van der Waals surface area (Å²) in [6.45, 7) is 2.06. The van der Waals surface area contributed by atoms with Crippen LogP contribution in [0.4, 0.5) is 19.3 Å². The molecule has 0 bridgehead atoms. The second-order valence-corrected chi connectivity index (χ2v) is 6.93. The van der Waals surface area contributed by atoms with Gasteiger partial charge in [0.15, 0.2) is 0 Å². The topological polar surface area (TPSA) is 54.0 Å². The molecule has 0 atom stereocenters. The minimum atomic E-state index is -0.838. The van der Waals surface area contributed by atoms with E-state index in [0.717, 1.165) is 33.3 Å². The van der Waals surface area contributed by atoms with E-state index in [4.69, 9.17) is 11.6 Å². The largest absolute Gasteiger partial charge is 0.333 e. The molecule has 0 fully saturated rings. The van der Waals surface area contributed by atoms with Crippen LogP contribution in [0.1, 0.15) is 10.6 Å². The van der Waals surface area contributed by atoms with Gasteiger partial charge < -0.3 is 10.6 Å². The van der Waals surface area contributed by atoms with E-state index in [0.29, 0.717) is 11.1 Å². The predicted octanol–water partition coefficient (Wildman–Crippen LogP) is 5.37. The molecule has 134 valence electrons. The molecule has 0 saturated carbocycles. The maximum atomic E-state index is 13.6. The highest BCUT2D eigenvalue weighted by Crippen LogP contribution is 2.32. The van der Waals surface area contributed by atoms with Gasteiger partial charge >= 0.3 is 6.03 Å². The molecule has 1 aromatic heterocycles. The molecular formula is C18H14ClF2N3OS. The van der Waals surface area contributed by atoms with Crippen LogP contribution >= 0.6 is 22.9 Å². The molecule has 26 heavy (non-hydrogen) atoms. The zero-order valence-corrected chi connectivity index (χ0v) is 15.2. The monoisotopic (exact) mass is 393 g/mol. The molecule has 0 aliphatic rings. The van der Waals surface area contributed by atoms with Crippen molar-refractivity contribution in [1.82, 2.24) is 10.3 Å². The molecule has 2 N–H and O–H groups in total. The van der Waals surface area contributed by atoms with Crippen LogP contribution in [0.2, 0.25) is 5.02 Å². The van der Waals surface area contributed by atoms with Crippen molar-refractivity contribution in [3.8, 4) is 10.6 Å². The number of anilines is 1. The lowest BCUT2D eigenvalue weighted by Gasteiger charge is -2.08. The number of nitrogens with zero attached hydrogens (tertiary/aromatic N) is 1.